The van der Waals surface area contributed by atoms with Gasteiger partial charge in [-0.15, -0.1) is 11.8 Å². The Hall–Kier alpha value is -2.89. The molecule has 5 heteroatoms. The summed E-state index contributed by atoms with van der Waals surface area (Å²) in [5, 5.41) is 9.59. The van der Waals surface area contributed by atoms with Gasteiger partial charge in [0.1, 0.15) is 9.83 Å². The molecule has 0 aromatic heterocycles. The van der Waals surface area contributed by atoms with Crippen molar-refractivity contribution in [3.8, 4) is 5.75 Å². The lowest BCUT2D eigenvalue weighted by Gasteiger charge is -2.31. The molecule has 0 bridgehead atoms. The first-order valence-electron chi connectivity index (χ1n) is 9.51. The van der Waals surface area contributed by atoms with Gasteiger partial charge in [-0.2, -0.15) is 0 Å². The smallest absolute Gasteiger partial charge is 0.192 e. The van der Waals surface area contributed by atoms with Crippen LogP contribution in [0.1, 0.15) is 16.8 Å². The van der Waals surface area contributed by atoms with E-state index in [1.807, 2.05) is 72.8 Å². The van der Waals surface area contributed by atoms with Crippen molar-refractivity contribution >= 4 is 28.3 Å². The van der Waals surface area contributed by atoms with Gasteiger partial charge in [0.05, 0.1) is 10.8 Å². The molecule has 3 aromatic rings. The number of hydrogen-bond donors (Lipinski definition) is 1. The zero-order chi connectivity index (χ0) is 21.0. The van der Waals surface area contributed by atoms with Gasteiger partial charge >= 0.3 is 0 Å². The van der Waals surface area contributed by atoms with E-state index in [4.69, 9.17) is 0 Å². The molecule has 2 atom stereocenters. The maximum atomic E-state index is 13.6. The van der Waals surface area contributed by atoms with Crippen molar-refractivity contribution in [1.29, 1.82) is 0 Å². The fourth-order valence-corrected chi connectivity index (χ4v) is 6.32. The van der Waals surface area contributed by atoms with Crippen LogP contribution in [-0.2, 0) is 10.8 Å². The number of allylic oxidation sites excluding steroid dienone is 3. The van der Waals surface area contributed by atoms with Gasteiger partial charge in [-0.25, -0.2) is 0 Å². The quantitative estimate of drug-likeness (QED) is 0.503. The molecule has 1 N–H and O–H groups in total. The largest absolute Gasteiger partial charge is 0.508 e. The summed E-state index contributed by atoms with van der Waals surface area (Å²) in [5.74, 6) is 0.146. The molecule has 0 saturated carbocycles. The summed E-state index contributed by atoms with van der Waals surface area (Å²) in [6.45, 7) is 0. The number of phenolic OH excluding ortho intramolecular Hbond substituents is 1. The molecule has 2 unspecified atom stereocenters. The van der Waals surface area contributed by atoms with Crippen LogP contribution in [-0.4, -0.2) is 19.2 Å². The van der Waals surface area contributed by atoms with E-state index in [-0.39, 0.29) is 11.5 Å². The van der Waals surface area contributed by atoms with Crippen LogP contribution in [0.3, 0.4) is 0 Å². The molecule has 0 fully saturated rings. The molecule has 30 heavy (non-hydrogen) atoms. The van der Waals surface area contributed by atoms with E-state index in [9.17, 15) is 14.1 Å². The Kier molecular flexibility index (Phi) is 6.02. The zero-order valence-electron chi connectivity index (χ0n) is 16.1. The van der Waals surface area contributed by atoms with Crippen LogP contribution >= 0.6 is 11.8 Å². The second-order valence-electron chi connectivity index (χ2n) is 6.88. The second kappa shape index (κ2) is 8.86. The molecule has 3 aromatic carbocycles. The molecule has 0 heterocycles. The highest BCUT2D eigenvalue weighted by atomic mass is 32.2. The molecule has 1 aliphatic carbocycles. The molecule has 0 radical (unpaired) electrons. The fourth-order valence-electron chi connectivity index (χ4n) is 3.24. The van der Waals surface area contributed by atoms with E-state index in [0.717, 1.165) is 9.79 Å². The van der Waals surface area contributed by atoms with Gasteiger partial charge in [-0.3, -0.25) is 9.00 Å². The minimum Gasteiger partial charge on any atom is -0.508 e. The maximum Gasteiger partial charge on any atom is 0.192 e. The number of aromatic hydroxyl groups is 1. The highest BCUT2D eigenvalue weighted by Crippen LogP contribution is 2.45. The molecule has 0 saturated heterocycles. The third-order valence-electron chi connectivity index (χ3n) is 4.82. The van der Waals surface area contributed by atoms with Crippen molar-refractivity contribution < 1.29 is 14.1 Å². The summed E-state index contributed by atoms with van der Waals surface area (Å²) >= 11 is 1.48. The number of carbonyl (C=O) groups is 1. The minimum absolute atomic E-state index is 0.0411. The molecule has 0 spiro atoms. The van der Waals surface area contributed by atoms with E-state index < -0.39 is 14.9 Å². The lowest BCUT2D eigenvalue weighted by molar-refractivity contribution is 0.103. The normalized spacial score (nSPS) is 19.1. The summed E-state index contributed by atoms with van der Waals surface area (Å²) in [6, 6.07) is 25.4. The number of carbonyl (C=O) groups excluding carboxylic acids is 1. The first kappa shape index (κ1) is 20.4. The van der Waals surface area contributed by atoms with E-state index in [2.05, 4.69) is 0 Å². The lowest BCUT2D eigenvalue weighted by Crippen LogP contribution is -2.30. The van der Waals surface area contributed by atoms with Gasteiger partial charge < -0.3 is 5.11 Å². The highest BCUT2D eigenvalue weighted by Gasteiger charge is 2.38. The Morgan fingerprint density at radius 3 is 2.13 bits per heavy atom. The van der Waals surface area contributed by atoms with Crippen molar-refractivity contribution in [2.75, 3.05) is 0 Å². The maximum absolute atomic E-state index is 13.6. The zero-order valence-corrected chi connectivity index (χ0v) is 17.7. The van der Waals surface area contributed by atoms with Crippen LogP contribution in [0.5, 0.6) is 5.75 Å². The molecule has 3 nitrogen and oxygen atoms in total. The first-order chi connectivity index (χ1) is 14.6. The number of rotatable bonds is 6. The number of benzene rings is 3. The van der Waals surface area contributed by atoms with E-state index >= 15 is 0 Å². The molecule has 0 amide bonds. The van der Waals surface area contributed by atoms with Crippen molar-refractivity contribution in [2.24, 2.45) is 0 Å². The van der Waals surface area contributed by atoms with Gasteiger partial charge in [0, 0.05) is 20.9 Å². The fraction of sp³-hybridized carbons (Fsp3) is 0.0800. The summed E-state index contributed by atoms with van der Waals surface area (Å²) < 4.78 is 12.9. The number of Topliss-reactive ketones (excluding diaryl/α,β-unsaturated/α-hetero) is 1. The van der Waals surface area contributed by atoms with Crippen LogP contribution in [0.15, 0.2) is 119 Å². The molecule has 0 aliphatic heterocycles. The number of thioether (sulfide) groups is 1. The molecular formula is C25H20O3S2. The number of hydrogen-bond acceptors (Lipinski definition) is 4. The van der Waals surface area contributed by atoms with Crippen LogP contribution in [0.4, 0.5) is 0 Å². The van der Waals surface area contributed by atoms with E-state index in [1.165, 1.54) is 11.8 Å². The first-order valence-corrected chi connectivity index (χ1v) is 11.5. The van der Waals surface area contributed by atoms with Crippen LogP contribution in [0.25, 0.3) is 0 Å². The highest BCUT2D eigenvalue weighted by molar-refractivity contribution is 8.12. The summed E-state index contributed by atoms with van der Waals surface area (Å²) in [4.78, 5) is 14.4. The Morgan fingerprint density at radius 2 is 1.53 bits per heavy atom. The standard InChI is InChI=1S/C25H20O3S2/c26-21-11-13-22(14-12-21)29-25(30(28)23-9-5-2-6-10-23)17-15-20(16-18-25)24(27)19-7-3-1-4-8-19/h1-17,26H,18H2. The van der Waals surface area contributed by atoms with Crippen molar-refractivity contribution in [2.45, 2.75) is 20.3 Å². The number of phenols is 1. The van der Waals surface area contributed by atoms with E-state index in [1.54, 1.807) is 30.3 Å². The Morgan fingerprint density at radius 1 is 0.900 bits per heavy atom. The van der Waals surface area contributed by atoms with Crippen molar-refractivity contribution in [3.05, 3.63) is 114 Å². The van der Waals surface area contributed by atoms with Gasteiger partial charge in [-0.1, -0.05) is 66.8 Å². The summed E-state index contributed by atoms with van der Waals surface area (Å²) in [7, 11) is -1.35. The Bertz CT molecular complexity index is 1120. The Labute approximate surface area is 182 Å². The van der Waals surface area contributed by atoms with Crippen LogP contribution < -0.4 is 0 Å². The Balaban J connectivity index is 1.66. The predicted octanol–water partition coefficient (Wildman–Crippen LogP) is 5.76. The number of ketones is 1. The molecular weight excluding hydrogens is 412 g/mol. The third kappa shape index (κ3) is 4.32. The second-order valence-corrected chi connectivity index (χ2v) is 10.3. The van der Waals surface area contributed by atoms with E-state index in [0.29, 0.717) is 17.6 Å². The third-order valence-corrected chi connectivity index (χ3v) is 8.31. The van der Waals surface area contributed by atoms with Gasteiger partial charge in [0.2, 0.25) is 0 Å². The monoisotopic (exact) mass is 432 g/mol. The summed E-state index contributed by atoms with van der Waals surface area (Å²) in [5.41, 5.74) is 1.24. The topological polar surface area (TPSA) is 54.4 Å². The van der Waals surface area contributed by atoms with Gasteiger partial charge in [0.25, 0.3) is 0 Å². The molecule has 4 rings (SSSR count). The van der Waals surface area contributed by atoms with Gasteiger partial charge in [-0.05, 0) is 42.8 Å². The van der Waals surface area contributed by atoms with Crippen molar-refractivity contribution in [3.63, 3.8) is 0 Å². The summed E-state index contributed by atoms with van der Waals surface area (Å²) in [6.07, 6.45) is 6.00. The van der Waals surface area contributed by atoms with Crippen molar-refractivity contribution in [1.82, 2.24) is 0 Å². The van der Waals surface area contributed by atoms with Gasteiger partial charge in [0.15, 0.2) is 5.78 Å². The predicted molar refractivity (Wildman–Crippen MR) is 122 cm³/mol. The SMILES string of the molecule is O=C(C1=CCC(Sc2ccc(O)cc2)(S(=O)c2ccccc2)C=C1)c1ccccc1. The molecule has 150 valence electrons. The van der Waals surface area contributed by atoms with Crippen LogP contribution in [0, 0.1) is 0 Å². The van der Waals surface area contributed by atoms with Crippen LogP contribution in [0.2, 0.25) is 0 Å². The average Bonchev–Trinajstić information content (AvgIpc) is 2.81. The minimum atomic E-state index is -1.35. The average molecular weight is 433 g/mol. The lowest BCUT2D eigenvalue weighted by atomic mass is 9.98. The molecule has 1 aliphatic rings.